The van der Waals surface area contributed by atoms with Crippen LogP contribution >= 0.6 is 22.6 Å². The molecule has 2 heteroatoms. The van der Waals surface area contributed by atoms with Gasteiger partial charge in [-0.25, -0.2) is 0 Å². The number of rotatable bonds is 1. The molecule has 1 heterocycles. The van der Waals surface area contributed by atoms with Gasteiger partial charge in [-0.1, -0.05) is 49.3 Å². The lowest BCUT2D eigenvalue weighted by molar-refractivity contribution is -0.135. The molecule has 0 aromatic rings. The van der Waals surface area contributed by atoms with Crippen molar-refractivity contribution in [3.05, 3.63) is 0 Å². The average molecular weight is 470 g/mol. The summed E-state index contributed by atoms with van der Waals surface area (Å²) in [6.07, 6.45) is 16.3. The predicted octanol–water partition coefficient (Wildman–Crippen LogP) is 7.02. The van der Waals surface area contributed by atoms with Crippen LogP contribution < -0.4 is 0 Å². The first kappa shape index (κ1) is 18.7. The molecule has 4 aliphatic carbocycles. The highest BCUT2D eigenvalue weighted by atomic mass is 127. The Morgan fingerprint density at radius 1 is 0.769 bits per heavy atom. The van der Waals surface area contributed by atoms with Gasteiger partial charge in [0.15, 0.2) is 0 Å². The third-order valence-electron chi connectivity index (χ3n) is 10.7. The Morgan fingerprint density at radius 2 is 1.58 bits per heavy atom. The monoisotopic (exact) mass is 470 g/mol. The predicted molar refractivity (Wildman–Crippen MR) is 117 cm³/mol. The van der Waals surface area contributed by atoms with E-state index >= 15 is 0 Å². The minimum Gasteiger partial charge on any atom is -0.374 e. The molecule has 0 aromatic heterocycles. The minimum atomic E-state index is 0.142. The van der Waals surface area contributed by atoms with Crippen molar-refractivity contribution in [2.75, 3.05) is 6.61 Å². The Kier molecular flexibility index (Phi) is 4.56. The Balaban J connectivity index is 1.44. The molecule has 1 nitrogen and oxygen atoms in total. The molecule has 5 aliphatic rings. The van der Waals surface area contributed by atoms with Gasteiger partial charge in [-0.15, -0.1) is 0 Å². The summed E-state index contributed by atoms with van der Waals surface area (Å²) in [6, 6.07) is 0. The first-order valence-corrected chi connectivity index (χ1v) is 12.9. The number of fused-ring (bicyclic) bond motifs is 5. The van der Waals surface area contributed by atoms with Gasteiger partial charge in [-0.3, -0.25) is 0 Å². The fourth-order valence-electron chi connectivity index (χ4n) is 9.31. The highest BCUT2D eigenvalue weighted by Gasteiger charge is 2.63. The van der Waals surface area contributed by atoms with Gasteiger partial charge < -0.3 is 4.74 Å². The summed E-state index contributed by atoms with van der Waals surface area (Å²) in [5.74, 6) is 4.88. The molecule has 5 rings (SSSR count). The first-order chi connectivity index (χ1) is 12.4. The summed E-state index contributed by atoms with van der Waals surface area (Å²) < 4.78 is 7.20. The van der Waals surface area contributed by atoms with E-state index in [2.05, 4.69) is 43.4 Å². The van der Waals surface area contributed by atoms with Crippen LogP contribution in [-0.4, -0.2) is 16.1 Å². The van der Waals surface area contributed by atoms with Crippen LogP contribution in [0.2, 0.25) is 0 Å². The fraction of sp³-hybridized carbons (Fsp3) is 1.00. The smallest absolute Gasteiger partial charge is 0.0805 e. The maximum Gasteiger partial charge on any atom is 0.0805 e. The van der Waals surface area contributed by atoms with E-state index in [1.165, 1.54) is 64.2 Å². The van der Waals surface area contributed by atoms with E-state index < -0.39 is 0 Å². The highest BCUT2D eigenvalue weighted by Crippen LogP contribution is 2.69. The normalized spacial score (nSPS) is 59.5. The van der Waals surface area contributed by atoms with Crippen molar-refractivity contribution >= 4 is 22.6 Å². The number of alkyl halides is 1. The minimum absolute atomic E-state index is 0.142. The quantitative estimate of drug-likeness (QED) is 0.296. The van der Waals surface area contributed by atoms with Crippen LogP contribution in [0.25, 0.3) is 0 Å². The molecular formula is C24H39IO. The van der Waals surface area contributed by atoms with Crippen molar-refractivity contribution in [1.82, 2.24) is 0 Å². The summed E-state index contributed by atoms with van der Waals surface area (Å²) in [5.41, 5.74) is 1.37. The van der Waals surface area contributed by atoms with Gasteiger partial charge in [0.25, 0.3) is 0 Å². The molecule has 26 heavy (non-hydrogen) atoms. The van der Waals surface area contributed by atoms with Gasteiger partial charge in [0.05, 0.1) is 5.60 Å². The molecule has 0 radical (unpaired) electrons. The van der Waals surface area contributed by atoms with Crippen molar-refractivity contribution in [2.45, 2.75) is 101 Å². The summed E-state index contributed by atoms with van der Waals surface area (Å²) in [6.45, 7) is 8.87. The molecule has 148 valence electrons. The fourth-order valence-corrected chi connectivity index (χ4v) is 10.2. The van der Waals surface area contributed by atoms with Crippen molar-refractivity contribution in [3.8, 4) is 0 Å². The van der Waals surface area contributed by atoms with Gasteiger partial charge in [0.1, 0.15) is 0 Å². The molecule has 0 aromatic carbocycles. The Labute approximate surface area is 174 Å². The van der Waals surface area contributed by atoms with Crippen LogP contribution in [-0.2, 0) is 4.74 Å². The van der Waals surface area contributed by atoms with Gasteiger partial charge in [-0.05, 0) is 105 Å². The molecule has 1 unspecified atom stereocenters. The Hall–Kier alpha value is 0.690. The molecule has 1 saturated heterocycles. The second-order valence-corrected chi connectivity index (χ2v) is 12.9. The van der Waals surface area contributed by atoms with E-state index in [1.54, 1.807) is 6.42 Å². The number of halogens is 1. The average Bonchev–Trinajstić information content (AvgIpc) is 3.14. The number of ether oxygens (including phenoxy) is 1. The second kappa shape index (κ2) is 6.34. The lowest BCUT2D eigenvalue weighted by Gasteiger charge is -2.61. The molecule has 0 spiro atoms. The SMILES string of the molecule is C[C@]12CC[C@H]3[C@@H](CCC4CCCC[C@@]43C)[C@@H]1CC[C@@H]2[C@@]1(C)OCC[C@@H]1I. The third-order valence-corrected chi connectivity index (χ3v) is 12.5. The zero-order valence-electron chi connectivity index (χ0n) is 17.2. The summed E-state index contributed by atoms with van der Waals surface area (Å²) >= 11 is 2.71. The second-order valence-electron chi connectivity index (χ2n) is 11.4. The molecule has 1 aliphatic heterocycles. The van der Waals surface area contributed by atoms with E-state index in [4.69, 9.17) is 4.74 Å². The summed E-state index contributed by atoms with van der Waals surface area (Å²) in [5, 5.41) is 0. The van der Waals surface area contributed by atoms with Crippen LogP contribution in [0.4, 0.5) is 0 Å². The van der Waals surface area contributed by atoms with Crippen LogP contribution in [0.1, 0.15) is 91.4 Å². The molecule has 0 bridgehead atoms. The molecule has 5 fully saturated rings. The van der Waals surface area contributed by atoms with Crippen LogP contribution in [0.3, 0.4) is 0 Å². The summed E-state index contributed by atoms with van der Waals surface area (Å²) in [4.78, 5) is 0. The van der Waals surface area contributed by atoms with Crippen molar-refractivity contribution < 1.29 is 4.74 Å². The Morgan fingerprint density at radius 3 is 2.35 bits per heavy atom. The van der Waals surface area contributed by atoms with E-state index in [9.17, 15) is 0 Å². The molecular weight excluding hydrogens is 431 g/mol. The topological polar surface area (TPSA) is 9.23 Å². The zero-order valence-corrected chi connectivity index (χ0v) is 19.4. The van der Waals surface area contributed by atoms with Crippen molar-refractivity contribution in [1.29, 1.82) is 0 Å². The third kappa shape index (κ3) is 2.42. The van der Waals surface area contributed by atoms with Gasteiger partial charge >= 0.3 is 0 Å². The maximum absolute atomic E-state index is 6.49. The van der Waals surface area contributed by atoms with Gasteiger partial charge in [-0.2, -0.15) is 0 Å². The van der Waals surface area contributed by atoms with E-state index in [0.717, 1.165) is 36.2 Å². The van der Waals surface area contributed by atoms with Crippen molar-refractivity contribution in [3.63, 3.8) is 0 Å². The molecule has 9 atom stereocenters. The van der Waals surface area contributed by atoms with Crippen LogP contribution in [0, 0.1) is 40.4 Å². The van der Waals surface area contributed by atoms with Gasteiger partial charge in [0.2, 0.25) is 0 Å². The lowest BCUT2D eigenvalue weighted by atomic mass is 9.44. The number of hydrogen-bond acceptors (Lipinski definition) is 1. The number of hydrogen-bond donors (Lipinski definition) is 0. The standard InChI is InChI=1S/C24H39IO/c1-22-13-5-4-6-16(22)7-8-17-18-9-10-20(23(18,2)14-11-19(17)22)24(3)21(25)12-15-26-24/h16-21H,4-15H2,1-3H3/t16?,17-,18-,19-,20-,21-,22-,23-,24+/m0/s1. The first-order valence-electron chi connectivity index (χ1n) is 11.7. The Bertz CT molecular complexity index is 562. The molecule has 4 saturated carbocycles. The summed E-state index contributed by atoms with van der Waals surface area (Å²) in [7, 11) is 0. The van der Waals surface area contributed by atoms with E-state index in [0.29, 0.717) is 14.8 Å². The van der Waals surface area contributed by atoms with Gasteiger partial charge in [0, 0.05) is 10.5 Å². The molecule has 0 N–H and O–H groups in total. The maximum atomic E-state index is 6.49. The molecule has 0 amide bonds. The highest BCUT2D eigenvalue weighted by molar-refractivity contribution is 14.1. The van der Waals surface area contributed by atoms with Crippen LogP contribution in [0.15, 0.2) is 0 Å². The largest absolute Gasteiger partial charge is 0.374 e. The van der Waals surface area contributed by atoms with E-state index in [1.807, 2.05) is 0 Å². The van der Waals surface area contributed by atoms with E-state index in [-0.39, 0.29) is 5.60 Å². The zero-order chi connectivity index (χ0) is 18.2. The van der Waals surface area contributed by atoms with Crippen LogP contribution in [0.5, 0.6) is 0 Å². The van der Waals surface area contributed by atoms with Crippen molar-refractivity contribution in [2.24, 2.45) is 40.4 Å². The lowest BCUT2D eigenvalue weighted by Crippen LogP contribution is -2.55.